The monoisotopic (exact) mass is 312 g/mol. The Morgan fingerprint density at radius 3 is 2.47 bits per heavy atom. The summed E-state index contributed by atoms with van der Waals surface area (Å²) < 4.78 is 5.28. The van der Waals surface area contributed by atoms with Crippen molar-refractivity contribution in [2.24, 2.45) is 0 Å². The molecule has 0 heterocycles. The van der Waals surface area contributed by atoms with Crippen molar-refractivity contribution in [2.45, 2.75) is 9.79 Å². The van der Waals surface area contributed by atoms with Crippen LogP contribution in [0.15, 0.2) is 46.2 Å². The van der Waals surface area contributed by atoms with Crippen LogP contribution in [-0.2, 0) is 0 Å². The lowest BCUT2D eigenvalue weighted by Crippen LogP contribution is -1.88. The number of carbonyl (C=O) groups is 1. The third kappa shape index (κ3) is 3.06. The minimum absolute atomic E-state index is 0.275. The van der Waals surface area contributed by atoms with Crippen molar-refractivity contribution in [3.05, 3.63) is 52.0 Å². The predicted molar refractivity (Wildman–Crippen MR) is 79.0 cm³/mol. The third-order valence-corrected chi connectivity index (χ3v) is 4.62. The Labute approximate surface area is 125 Å². The molecule has 0 amide bonds. The van der Waals surface area contributed by atoms with Crippen LogP contribution in [0.25, 0.3) is 0 Å². The maximum atomic E-state index is 10.8. The fourth-order valence-electron chi connectivity index (χ4n) is 1.54. The molecule has 0 saturated carbocycles. The first-order chi connectivity index (χ1) is 9.17. The number of hydrogen-bond donors (Lipinski definition) is 0. The van der Waals surface area contributed by atoms with Crippen molar-refractivity contribution in [1.29, 1.82) is 0 Å². The van der Waals surface area contributed by atoms with Gasteiger partial charge in [-0.25, -0.2) is 0 Å². The maximum Gasteiger partial charge on any atom is 0.151 e. The minimum atomic E-state index is 0.275. The largest absolute Gasteiger partial charge is 0.496 e. The van der Waals surface area contributed by atoms with Gasteiger partial charge in [0.2, 0.25) is 0 Å². The van der Waals surface area contributed by atoms with Crippen LogP contribution in [-0.4, -0.2) is 13.4 Å². The van der Waals surface area contributed by atoms with E-state index in [0.29, 0.717) is 16.9 Å². The molecule has 0 fully saturated rings. The molecule has 5 heteroatoms. The molecule has 0 spiro atoms. The second-order valence-electron chi connectivity index (χ2n) is 3.65. The number of para-hydroxylation sites is 1. The number of rotatable bonds is 4. The standard InChI is InChI=1S/C14H10Cl2O2S/c1-18-10-4-2-3-5-11(10)19-12-7-6-9(8-17)13(15)14(12)16/h2-8H,1H3. The zero-order valence-corrected chi connectivity index (χ0v) is 12.4. The number of methoxy groups -OCH3 is 1. The van der Waals surface area contributed by atoms with Gasteiger partial charge in [-0.2, -0.15) is 0 Å². The molecule has 2 aromatic rings. The fraction of sp³-hybridized carbons (Fsp3) is 0.0714. The van der Waals surface area contributed by atoms with E-state index in [1.807, 2.05) is 24.3 Å². The molecule has 0 bridgehead atoms. The second-order valence-corrected chi connectivity index (χ2v) is 5.49. The van der Waals surface area contributed by atoms with Crippen LogP contribution in [0.2, 0.25) is 10.0 Å². The van der Waals surface area contributed by atoms with Crippen molar-refractivity contribution < 1.29 is 9.53 Å². The molecule has 0 aromatic heterocycles. The van der Waals surface area contributed by atoms with Crippen LogP contribution < -0.4 is 4.74 Å². The number of carbonyl (C=O) groups excluding carboxylic acids is 1. The maximum absolute atomic E-state index is 10.8. The molecule has 0 radical (unpaired) electrons. The van der Waals surface area contributed by atoms with Crippen molar-refractivity contribution in [2.75, 3.05) is 7.11 Å². The molecule has 2 rings (SSSR count). The van der Waals surface area contributed by atoms with E-state index in [1.165, 1.54) is 11.8 Å². The van der Waals surface area contributed by atoms with Crippen LogP contribution in [0.5, 0.6) is 5.75 Å². The number of hydrogen-bond acceptors (Lipinski definition) is 3. The van der Waals surface area contributed by atoms with E-state index >= 15 is 0 Å². The zero-order valence-electron chi connectivity index (χ0n) is 10.0. The summed E-state index contributed by atoms with van der Waals surface area (Å²) in [7, 11) is 1.61. The van der Waals surface area contributed by atoms with Gasteiger partial charge >= 0.3 is 0 Å². The first-order valence-electron chi connectivity index (χ1n) is 5.41. The van der Waals surface area contributed by atoms with Gasteiger partial charge in [0.05, 0.1) is 22.1 Å². The summed E-state index contributed by atoms with van der Waals surface area (Å²) in [5.41, 5.74) is 0.385. The van der Waals surface area contributed by atoms with E-state index in [1.54, 1.807) is 19.2 Å². The number of halogens is 2. The Hall–Kier alpha value is -1.16. The molecular weight excluding hydrogens is 303 g/mol. The lowest BCUT2D eigenvalue weighted by molar-refractivity contribution is 0.112. The topological polar surface area (TPSA) is 26.3 Å². The summed E-state index contributed by atoms with van der Waals surface area (Å²) in [6, 6.07) is 11.0. The summed E-state index contributed by atoms with van der Waals surface area (Å²) in [4.78, 5) is 12.5. The van der Waals surface area contributed by atoms with Gasteiger partial charge in [0, 0.05) is 10.5 Å². The number of aldehydes is 1. The molecule has 2 aromatic carbocycles. The average Bonchev–Trinajstić information content (AvgIpc) is 2.45. The van der Waals surface area contributed by atoms with Gasteiger partial charge in [-0.15, -0.1) is 0 Å². The summed E-state index contributed by atoms with van der Waals surface area (Å²) in [5.74, 6) is 0.763. The zero-order chi connectivity index (χ0) is 13.8. The number of benzene rings is 2. The lowest BCUT2D eigenvalue weighted by Gasteiger charge is -2.10. The van der Waals surface area contributed by atoms with E-state index in [4.69, 9.17) is 27.9 Å². The molecule has 0 atom stereocenters. The molecule has 0 aliphatic heterocycles. The van der Waals surface area contributed by atoms with Gasteiger partial charge in [0.25, 0.3) is 0 Å². The number of ether oxygens (including phenoxy) is 1. The highest BCUT2D eigenvalue weighted by Crippen LogP contribution is 2.41. The Kier molecular flexibility index (Phi) is 4.75. The third-order valence-electron chi connectivity index (χ3n) is 2.49. The summed E-state index contributed by atoms with van der Waals surface area (Å²) in [6.45, 7) is 0. The van der Waals surface area contributed by atoms with E-state index in [9.17, 15) is 4.79 Å². The molecule has 2 nitrogen and oxygen atoms in total. The molecule has 0 N–H and O–H groups in total. The highest BCUT2D eigenvalue weighted by atomic mass is 35.5. The van der Waals surface area contributed by atoms with Crippen molar-refractivity contribution in [3.8, 4) is 5.75 Å². The Morgan fingerprint density at radius 1 is 1.05 bits per heavy atom. The van der Waals surface area contributed by atoms with Gasteiger partial charge in [-0.05, 0) is 24.3 Å². The molecule has 0 unspecified atom stereocenters. The van der Waals surface area contributed by atoms with E-state index in [2.05, 4.69) is 0 Å². The average molecular weight is 313 g/mol. The van der Waals surface area contributed by atoms with Crippen molar-refractivity contribution >= 4 is 41.2 Å². The minimum Gasteiger partial charge on any atom is -0.496 e. The summed E-state index contributed by atoms with van der Waals surface area (Å²) in [6.07, 6.45) is 0.686. The highest BCUT2D eigenvalue weighted by molar-refractivity contribution is 7.99. The van der Waals surface area contributed by atoms with E-state index < -0.39 is 0 Å². The van der Waals surface area contributed by atoms with Gasteiger partial charge in [-0.3, -0.25) is 4.79 Å². The van der Waals surface area contributed by atoms with Gasteiger partial charge < -0.3 is 4.74 Å². The normalized spacial score (nSPS) is 10.3. The molecular formula is C14H10Cl2O2S. The quantitative estimate of drug-likeness (QED) is 0.746. The molecule has 0 saturated heterocycles. The van der Waals surface area contributed by atoms with Crippen LogP contribution in [0.3, 0.4) is 0 Å². The van der Waals surface area contributed by atoms with Crippen molar-refractivity contribution in [1.82, 2.24) is 0 Å². The molecule has 0 aliphatic rings. The van der Waals surface area contributed by atoms with Crippen molar-refractivity contribution in [3.63, 3.8) is 0 Å². The Morgan fingerprint density at radius 2 is 1.79 bits per heavy atom. The summed E-state index contributed by atoms with van der Waals surface area (Å²) >= 11 is 13.6. The molecule has 19 heavy (non-hydrogen) atoms. The van der Waals surface area contributed by atoms with Crippen LogP contribution in [0, 0.1) is 0 Å². The van der Waals surface area contributed by atoms with E-state index in [0.717, 1.165) is 15.5 Å². The highest BCUT2D eigenvalue weighted by Gasteiger charge is 2.12. The summed E-state index contributed by atoms with van der Waals surface area (Å²) in [5, 5.41) is 0.652. The molecule has 98 valence electrons. The molecule has 0 aliphatic carbocycles. The SMILES string of the molecule is COc1ccccc1Sc1ccc(C=O)c(Cl)c1Cl. The van der Waals surface area contributed by atoms with Gasteiger partial charge in [0.15, 0.2) is 6.29 Å². The van der Waals surface area contributed by atoms with Crippen LogP contribution in [0.4, 0.5) is 0 Å². The van der Waals surface area contributed by atoms with E-state index in [-0.39, 0.29) is 5.02 Å². The smallest absolute Gasteiger partial charge is 0.151 e. The van der Waals surface area contributed by atoms with Crippen LogP contribution in [0.1, 0.15) is 10.4 Å². The second kappa shape index (κ2) is 6.33. The Bertz CT molecular complexity index is 614. The fourth-order valence-corrected chi connectivity index (χ4v) is 3.05. The Balaban J connectivity index is 2.39. The lowest BCUT2D eigenvalue weighted by atomic mass is 10.2. The van der Waals surface area contributed by atoms with Gasteiger partial charge in [0.1, 0.15) is 5.75 Å². The first kappa shape index (κ1) is 14.3. The van der Waals surface area contributed by atoms with Gasteiger partial charge in [-0.1, -0.05) is 47.1 Å². The predicted octanol–water partition coefficient (Wildman–Crippen LogP) is 4.97. The first-order valence-corrected chi connectivity index (χ1v) is 6.98. The van der Waals surface area contributed by atoms with Crippen LogP contribution >= 0.6 is 35.0 Å².